The normalized spacial score (nSPS) is 11.6. The van der Waals surface area contributed by atoms with Crippen LogP contribution < -0.4 is 0 Å². The average molecular weight is 286 g/mol. The molecule has 104 valence electrons. The predicted octanol–water partition coefficient (Wildman–Crippen LogP) is 3.05. The van der Waals surface area contributed by atoms with Gasteiger partial charge < -0.3 is 9.97 Å². The Morgan fingerprint density at radius 2 is 1.55 bits per heavy atom. The predicted molar refractivity (Wildman–Crippen MR) is 84.3 cm³/mol. The van der Waals surface area contributed by atoms with Gasteiger partial charge in [-0.25, -0.2) is 9.97 Å². The van der Waals surface area contributed by atoms with Crippen molar-refractivity contribution in [3.05, 3.63) is 48.5 Å². The van der Waals surface area contributed by atoms with Crippen molar-refractivity contribution in [3.63, 3.8) is 0 Å². The summed E-state index contributed by atoms with van der Waals surface area (Å²) in [6.07, 6.45) is 0. The maximum Gasteiger partial charge on any atom is 0.219 e. The third kappa shape index (κ3) is 1.54. The molecule has 2 N–H and O–H groups in total. The highest BCUT2D eigenvalue weighted by atomic mass is 15.2. The number of hydrogen-bond donors (Lipinski definition) is 2. The van der Waals surface area contributed by atoms with E-state index in [1.807, 2.05) is 48.5 Å². The Bertz CT molecular complexity index is 1100. The molecule has 0 fully saturated rings. The van der Waals surface area contributed by atoms with Gasteiger partial charge in [-0.05, 0) is 18.2 Å². The molecule has 0 aliphatic heterocycles. The minimum Gasteiger partial charge on any atom is -0.338 e. The lowest BCUT2D eigenvalue weighted by molar-refractivity contribution is 1.01. The van der Waals surface area contributed by atoms with Gasteiger partial charge in [0.2, 0.25) is 5.82 Å². The van der Waals surface area contributed by atoms with Gasteiger partial charge in [0.1, 0.15) is 5.52 Å². The molecule has 0 radical (unpaired) electrons. The number of nitrogens with one attached hydrogen (secondary N) is 2. The molecule has 0 saturated heterocycles. The zero-order valence-electron chi connectivity index (χ0n) is 11.4. The molecule has 6 nitrogen and oxygen atoms in total. The first-order chi connectivity index (χ1) is 10.9. The molecule has 0 aliphatic rings. The van der Waals surface area contributed by atoms with Gasteiger partial charge in [0, 0.05) is 10.9 Å². The number of rotatable bonds is 1. The van der Waals surface area contributed by atoms with Gasteiger partial charge in [0.15, 0.2) is 11.5 Å². The van der Waals surface area contributed by atoms with Crippen LogP contribution in [0.2, 0.25) is 0 Å². The van der Waals surface area contributed by atoms with Crippen LogP contribution in [0.1, 0.15) is 0 Å². The van der Waals surface area contributed by atoms with Crippen LogP contribution >= 0.6 is 0 Å². The summed E-state index contributed by atoms with van der Waals surface area (Å²) >= 11 is 0. The smallest absolute Gasteiger partial charge is 0.219 e. The Balaban J connectivity index is 1.75. The van der Waals surface area contributed by atoms with Crippen molar-refractivity contribution < 1.29 is 0 Å². The molecule has 5 rings (SSSR count). The van der Waals surface area contributed by atoms with Crippen molar-refractivity contribution in [1.29, 1.82) is 0 Å². The zero-order chi connectivity index (χ0) is 14.5. The highest BCUT2D eigenvalue weighted by molar-refractivity contribution is 6.03. The fourth-order valence-electron chi connectivity index (χ4n) is 2.68. The van der Waals surface area contributed by atoms with E-state index in [9.17, 15) is 0 Å². The van der Waals surface area contributed by atoms with Crippen molar-refractivity contribution >= 4 is 33.1 Å². The van der Waals surface area contributed by atoms with E-state index in [1.54, 1.807) is 0 Å². The van der Waals surface area contributed by atoms with E-state index >= 15 is 0 Å². The Labute approximate surface area is 124 Å². The second-order valence-electron chi connectivity index (χ2n) is 5.11. The average Bonchev–Trinajstić information content (AvgIpc) is 3.15. The highest BCUT2D eigenvalue weighted by Crippen LogP contribution is 2.23. The van der Waals surface area contributed by atoms with E-state index in [2.05, 4.69) is 30.1 Å². The number of aromatic nitrogens is 6. The fourth-order valence-corrected chi connectivity index (χ4v) is 2.68. The minimum absolute atomic E-state index is 0.482. The van der Waals surface area contributed by atoms with Crippen LogP contribution in [-0.2, 0) is 0 Å². The summed E-state index contributed by atoms with van der Waals surface area (Å²) in [4.78, 5) is 15.6. The van der Waals surface area contributed by atoms with Gasteiger partial charge in [0.05, 0.1) is 11.0 Å². The van der Waals surface area contributed by atoms with Crippen molar-refractivity contribution in [2.75, 3.05) is 0 Å². The second kappa shape index (κ2) is 4.11. The SMILES string of the molecule is c1ccc2[nH]c(-c3nnc4c(n3)[nH]c3ccccc34)nc2c1. The minimum atomic E-state index is 0.482. The molecule has 6 heteroatoms. The van der Waals surface area contributed by atoms with E-state index in [1.165, 1.54) is 0 Å². The van der Waals surface area contributed by atoms with Gasteiger partial charge in [-0.1, -0.05) is 30.3 Å². The van der Waals surface area contributed by atoms with E-state index in [-0.39, 0.29) is 0 Å². The van der Waals surface area contributed by atoms with Crippen molar-refractivity contribution in [2.24, 2.45) is 0 Å². The molecule has 3 heterocycles. The van der Waals surface area contributed by atoms with Crippen LogP contribution in [0.5, 0.6) is 0 Å². The summed E-state index contributed by atoms with van der Waals surface area (Å²) in [5.74, 6) is 1.10. The Hall–Kier alpha value is -3.28. The maximum atomic E-state index is 4.56. The lowest BCUT2D eigenvalue weighted by Crippen LogP contribution is -1.94. The van der Waals surface area contributed by atoms with Gasteiger partial charge >= 0.3 is 0 Å². The molecule has 0 bridgehead atoms. The molecule has 5 aromatic rings. The number of nitrogens with zero attached hydrogens (tertiary/aromatic N) is 4. The lowest BCUT2D eigenvalue weighted by Gasteiger charge is -1.94. The number of fused-ring (bicyclic) bond motifs is 4. The third-order valence-corrected chi connectivity index (χ3v) is 3.72. The topological polar surface area (TPSA) is 83.1 Å². The number of para-hydroxylation sites is 3. The molecule has 3 aromatic heterocycles. The van der Waals surface area contributed by atoms with E-state index in [0.717, 1.165) is 27.5 Å². The van der Waals surface area contributed by atoms with Crippen LogP contribution in [0.15, 0.2) is 48.5 Å². The molecular formula is C16H10N6. The van der Waals surface area contributed by atoms with Crippen LogP contribution in [0.25, 0.3) is 44.7 Å². The molecule has 0 spiro atoms. The quantitative estimate of drug-likeness (QED) is 0.496. The van der Waals surface area contributed by atoms with Crippen molar-refractivity contribution in [3.8, 4) is 11.6 Å². The summed E-state index contributed by atoms with van der Waals surface area (Å²) < 4.78 is 0. The molecule has 0 unspecified atom stereocenters. The molecule has 0 amide bonds. The number of aromatic amines is 2. The Kier molecular flexibility index (Phi) is 2.13. The number of imidazole rings is 1. The number of benzene rings is 2. The summed E-state index contributed by atoms with van der Waals surface area (Å²) in [5.41, 5.74) is 4.33. The summed E-state index contributed by atoms with van der Waals surface area (Å²) in [6.45, 7) is 0. The molecular weight excluding hydrogens is 276 g/mol. The highest BCUT2D eigenvalue weighted by Gasteiger charge is 2.12. The molecule has 22 heavy (non-hydrogen) atoms. The fraction of sp³-hybridized carbons (Fsp3) is 0. The first-order valence-electron chi connectivity index (χ1n) is 6.95. The summed E-state index contributed by atoms with van der Waals surface area (Å²) in [7, 11) is 0. The first-order valence-corrected chi connectivity index (χ1v) is 6.95. The Morgan fingerprint density at radius 1 is 0.727 bits per heavy atom. The molecule has 0 saturated carbocycles. The molecule has 2 aromatic carbocycles. The van der Waals surface area contributed by atoms with E-state index in [0.29, 0.717) is 17.3 Å². The summed E-state index contributed by atoms with van der Waals surface area (Å²) in [6, 6.07) is 15.8. The molecule has 0 aliphatic carbocycles. The largest absolute Gasteiger partial charge is 0.338 e. The van der Waals surface area contributed by atoms with Crippen molar-refractivity contribution in [2.45, 2.75) is 0 Å². The maximum absolute atomic E-state index is 4.56. The molecule has 0 atom stereocenters. The monoisotopic (exact) mass is 286 g/mol. The van der Waals surface area contributed by atoms with Crippen LogP contribution in [-0.4, -0.2) is 30.1 Å². The Morgan fingerprint density at radius 3 is 2.45 bits per heavy atom. The van der Waals surface area contributed by atoms with E-state index < -0.39 is 0 Å². The van der Waals surface area contributed by atoms with Crippen LogP contribution in [0, 0.1) is 0 Å². The van der Waals surface area contributed by atoms with Crippen molar-refractivity contribution in [1.82, 2.24) is 30.1 Å². The second-order valence-corrected chi connectivity index (χ2v) is 5.11. The van der Waals surface area contributed by atoms with Gasteiger partial charge in [0.25, 0.3) is 0 Å². The van der Waals surface area contributed by atoms with Gasteiger partial charge in [-0.15, -0.1) is 10.2 Å². The van der Waals surface area contributed by atoms with Crippen LogP contribution in [0.4, 0.5) is 0 Å². The van der Waals surface area contributed by atoms with E-state index in [4.69, 9.17) is 0 Å². The van der Waals surface area contributed by atoms with Crippen LogP contribution in [0.3, 0.4) is 0 Å². The van der Waals surface area contributed by atoms with Gasteiger partial charge in [-0.2, -0.15) is 0 Å². The zero-order valence-corrected chi connectivity index (χ0v) is 11.4. The van der Waals surface area contributed by atoms with Gasteiger partial charge in [-0.3, -0.25) is 0 Å². The summed E-state index contributed by atoms with van der Waals surface area (Å²) in [5, 5.41) is 9.55. The lowest BCUT2D eigenvalue weighted by atomic mass is 10.2. The number of H-pyrrole nitrogens is 2. The third-order valence-electron chi connectivity index (χ3n) is 3.72. The standard InChI is InChI=1S/C16H10N6/c1-2-6-10-9(5-1)13-14(17-10)20-16(22-21-13)15-18-11-7-3-4-8-12(11)19-15/h1-8H,(H,18,19)(H,17,20,22). The number of hydrogen-bond acceptors (Lipinski definition) is 4. The first kappa shape index (κ1) is 11.4.